The van der Waals surface area contributed by atoms with E-state index in [9.17, 15) is 0 Å². The lowest BCUT2D eigenvalue weighted by molar-refractivity contribution is 1.18. The second-order valence-corrected chi connectivity index (χ2v) is 9.17. The van der Waals surface area contributed by atoms with E-state index in [1.807, 2.05) is 0 Å². The summed E-state index contributed by atoms with van der Waals surface area (Å²) >= 11 is 0. The van der Waals surface area contributed by atoms with Crippen molar-refractivity contribution in [1.82, 2.24) is 0 Å². The molecule has 0 aliphatic rings. The summed E-state index contributed by atoms with van der Waals surface area (Å²) in [4.78, 5) is 0. The molecule has 0 nitrogen and oxygen atoms in total. The van der Waals surface area contributed by atoms with E-state index in [2.05, 4.69) is 134 Å². The molecule has 7 aromatic rings. The van der Waals surface area contributed by atoms with Crippen LogP contribution in [0.2, 0.25) is 0 Å². The van der Waals surface area contributed by atoms with Crippen molar-refractivity contribution in [2.45, 2.75) is 13.3 Å². The molecule has 0 amide bonds. The molecule has 0 unspecified atom stereocenters. The molecule has 164 valence electrons. The van der Waals surface area contributed by atoms with Gasteiger partial charge < -0.3 is 0 Å². The predicted octanol–water partition coefficient (Wildman–Crippen LogP) is 9.09. The summed E-state index contributed by atoms with van der Waals surface area (Å²) in [6.45, 7) is 2.22. The first kappa shape index (κ1) is 20.4. The molecule has 4 bridgehead atoms. The zero-order valence-electron chi connectivity index (χ0n) is 19.9. The number of hydrogen-bond acceptors (Lipinski definition) is 0. The minimum atomic E-state index is 0.899. The largest absolute Gasteiger partial charge is 0.0612 e. The molecule has 0 aromatic heterocycles. The molecular weight excluding hydrogens is 432 g/mol. The molecular formula is C36H20. The Morgan fingerprint density at radius 3 is 1.53 bits per heavy atom. The predicted molar refractivity (Wildman–Crippen MR) is 151 cm³/mol. The smallest absolute Gasteiger partial charge is 0.0337 e. The number of benzene rings is 6. The van der Waals surface area contributed by atoms with Gasteiger partial charge in [0.05, 0.1) is 0 Å². The van der Waals surface area contributed by atoms with Gasteiger partial charge in [0, 0.05) is 32.3 Å². The molecule has 7 rings (SSSR count). The van der Waals surface area contributed by atoms with Gasteiger partial charge in [-0.3, -0.25) is 0 Å². The number of aryl methyl sites for hydroxylation is 1. The van der Waals surface area contributed by atoms with Crippen LogP contribution >= 0.6 is 0 Å². The van der Waals surface area contributed by atoms with Crippen molar-refractivity contribution in [1.29, 1.82) is 0 Å². The summed E-state index contributed by atoms with van der Waals surface area (Å²) < 4.78 is 0. The maximum absolute atomic E-state index is 3.55. The standard InChI is InChI=1S/C36H20/c1-2-32-35-26-10-4-3-9-24-11-5-15-28-21-29-16-6-12-25(34(29)23-33(24)28)19-20-27-14-8-18-31(36(27)32)22-30(35)17-7-13-26/h5-8,11-18,21-23H,2H2,1H3. The minimum absolute atomic E-state index is 0.899. The van der Waals surface area contributed by atoms with Crippen LogP contribution < -0.4 is 0 Å². The van der Waals surface area contributed by atoms with Gasteiger partial charge in [0.25, 0.3) is 0 Å². The Balaban J connectivity index is 1.74. The molecule has 0 aliphatic carbocycles. The van der Waals surface area contributed by atoms with E-state index in [1.54, 1.807) is 0 Å². The van der Waals surface area contributed by atoms with Crippen LogP contribution in [0, 0.1) is 36.4 Å². The lowest BCUT2D eigenvalue weighted by Gasteiger charge is -2.11. The number of rotatable bonds is 1. The minimum Gasteiger partial charge on any atom is -0.0612 e. The zero-order chi connectivity index (χ0) is 24.1. The maximum atomic E-state index is 3.55. The fraction of sp³-hybridized carbons (Fsp3) is 0.0556. The van der Waals surface area contributed by atoms with Crippen LogP contribution in [0.25, 0.3) is 64.6 Å². The Kier molecular flexibility index (Phi) is 4.57. The fourth-order valence-corrected chi connectivity index (χ4v) is 5.51. The topological polar surface area (TPSA) is 0 Å². The van der Waals surface area contributed by atoms with Gasteiger partial charge in [0.1, 0.15) is 0 Å². The SMILES string of the molecule is CCc1c2c3c#cc#cc4cccc5cc6cccc(c#cc7cccc(cc2ccc3)c17)c6cc45. The Morgan fingerprint density at radius 2 is 0.917 bits per heavy atom. The van der Waals surface area contributed by atoms with E-state index in [4.69, 9.17) is 0 Å². The van der Waals surface area contributed by atoms with Crippen LogP contribution in [0.15, 0.2) is 91.0 Å². The fourth-order valence-electron chi connectivity index (χ4n) is 5.51. The Labute approximate surface area is 210 Å². The van der Waals surface area contributed by atoms with Crippen LogP contribution in [0.3, 0.4) is 0 Å². The zero-order valence-corrected chi connectivity index (χ0v) is 19.9. The van der Waals surface area contributed by atoms with Gasteiger partial charge in [0.15, 0.2) is 0 Å². The highest BCUT2D eigenvalue weighted by Crippen LogP contribution is 2.33. The van der Waals surface area contributed by atoms with E-state index >= 15 is 0 Å². The molecule has 0 spiro atoms. The van der Waals surface area contributed by atoms with E-state index in [1.165, 1.54) is 37.9 Å². The molecule has 0 fully saturated rings. The highest BCUT2D eigenvalue weighted by atomic mass is 14.1. The Hall–Kier alpha value is -4.96. The number of hydrogen-bond donors (Lipinski definition) is 0. The quantitative estimate of drug-likeness (QED) is 0.218. The summed E-state index contributed by atoms with van der Waals surface area (Å²) in [5.41, 5.74) is 1.29. The first-order valence-corrected chi connectivity index (χ1v) is 12.3. The maximum Gasteiger partial charge on any atom is 0.0337 e. The van der Waals surface area contributed by atoms with E-state index < -0.39 is 0 Å². The molecule has 0 saturated carbocycles. The Bertz CT molecular complexity index is 2030. The molecule has 36 heavy (non-hydrogen) atoms. The molecule has 0 atom stereocenters. The molecule has 0 aliphatic heterocycles. The molecule has 0 N–H and O–H groups in total. The molecule has 0 heterocycles. The van der Waals surface area contributed by atoms with Gasteiger partial charge in [-0.25, -0.2) is 0 Å². The normalized spacial score (nSPS) is 10.9. The summed E-state index contributed by atoms with van der Waals surface area (Å²) in [6, 6.07) is 52.2. The van der Waals surface area contributed by atoms with E-state index in [-0.39, 0.29) is 0 Å². The molecule has 0 heteroatoms. The second-order valence-electron chi connectivity index (χ2n) is 9.17. The first-order chi connectivity index (χ1) is 17.8. The summed E-state index contributed by atoms with van der Waals surface area (Å²) in [5.74, 6) is 0. The van der Waals surface area contributed by atoms with E-state index in [0.29, 0.717) is 0 Å². The van der Waals surface area contributed by atoms with Crippen LogP contribution in [-0.4, -0.2) is 0 Å². The lowest BCUT2D eigenvalue weighted by Crippen LogP contribution is -1.88. The third-order valence-electron chi connectivity index (χ3n) is 7.13. The average Bonchev–Trinajstić information content (AvgIpc) is 2.91. The first-order valence-electron chi connectivity index (χ1n) is 12.3. The summed E-state index contributed by atoms with van der Waals surface area (Å²) in [7, 11) is 0. The van der Waals surface area contributed by atoms with Crippen LogP contribution in [0.5, 0.6) is 0 Å². The monoisotopic (exact) mass is 452 g/mol. The highest BCUT2D eigenvalue weighted by molar-refractivity contribution is 6.14. The third kappa shape index (κ3) is 3.16. The van der Waals surface area contributed by atoms with Gasteiger partial charge in [-0.05, 0) is 98.9 Å². The van der Waals surface area contributed by atoms with Crippen LogP contribution in [0.4, 0.5) is 0 Å². The summed E-state index contributed by atoms with van der Waals surface area (Å²) in [6.07, 6.45) is 0.899. The van der Waals surface area contributed by atoms with Crippen molar-refractivity contribution in [3.05, 3.63) is 133 Å². The van der Waals surface area contributed by atoms with Crippen molar-refractivity contribution in [2.24, 2.45) is 0 Å². The second kappa shape index (κ2) is 8.07. The lowest BCUT2D eigenvalue weighted by atomic mass is 9.92. The van der Waals surface area contributed by atoms with Crippen molar-refractivity contribution >= 4 is 64.6 Å². The van der Waals surface area contributed by atoms with Crippen molar-refractivity contribution in [3.63, 3.8) is 0 Å². The molecule has 7 aromatic carbocycles. The van der Waals surface area contributed by atoms with Crippen LogP contribution in [-0.2, 0) is 6.42 Å². The van der Waals surface area contributed by atoms with Crippen molar-refractivity contribution < 1.29 is 0 Å². The van der Waals surface area contributed by atoms with Crippen LogP contribution in [0.1, 0.15) is 12.5 Å². The molecule has 0 saturated heterocycles. The van der Waals surface area contributed by atoms with Gasteiger partial charge in [-0.1, -0.05) is 79.7 Å². The molecule has 0 radical (unpaired) electrons. The van der Waals surface area contributed by atoms with Gasteiger partial charge in [0.2, 0.25) is 0 Å². The van der Waals surface area contributed by atoms with Crippen molar-refractivity contribution in [2.75, 3.05) is 0 Å². The average molecular weight is 453 g/mol. The van der Waals surface area contributed by atoms with E-state index in [0.717, 1.165) is 38.7 Å². The van der Waals surface area contributed by atoms with Gasteiger partial charge >= 0.3 is 0 Å². The van der Waals surface area contributed by atoms with Gasteiger partial charge in [-0.15, -0.1) is 0 Å². The van der Waals surface area contributed by atoms with Gasteiger partial charge in [-0.2, -0.15) is 0 Å². The van der Waals surface area contributed by atoms with Crippen molar-refractivity contribution in [3.8, 4) is 0 Å². The third-order valence-corrected chi connectivity index (χ3v) is 7.13. The highest BCUT2D eigenvalue weighted by Gasteiger charge is 2.09. The Morgan fingerprint density at radius 1 is 0.472 bits per heavy atom. The summed E-state index contributed by atoms with van der Waals surface area (Å²) in [5, 5.41) is 13.6.